The van der Waals surface area contributed by atoms with E-state index in [1.54, 1.807) is 10.6 Å². The van der Waals surface area contributed by atoms with Gasteiger partial charge < -0.3 is 5.32 Å². The number of thioether (sulfide) groups is 1. The van der Waals surface area contributed by atoms with Crippen LogP contribution < -0.4 is 10.9 Å². The average molecular weight is 389 g/mol. The third-order valence-electron chi connectivity index (χ3n) is 4.51. The molecule has 0 bridgehead atoms. The van der Waals surface area contributed by atoms with Gasteiger partial charge in [0.05, 0.1) is 16.7 Å². The fourth-order valence-corrected chi connectivity index (χ4v) is 3.99. The van der Waals surface area contributed by atoms with Crippen molar-refractivity contribution in [2.45, 2.75) is 18.6 Å². The van der Waals surface area contributed by atoms with Crippen LogP contribution in [0, 0.1) is 0 Å². The Morgan fingerprint density at radius 1 is 1.04 bits per heavy atom. The number of rotatable bonds is 5. The van der Waals surface area contributed by atoms with E-state index in [0.29, 0.717) is 22.6 Å². The molecule has 0 saturated heterocycles. The van der Waals surface area contributed by atoms with Crippen LogP contribution in [0.2, 0.25) is 0 Å². The minimum atomic E-state index is -0.134. The largest absolute Gasteiger partial charge is 0.325 e. The molecule has 3 aromatic carbocycles. The van der Waals surface area contributed by atoms with Gasteiger partial charge in [0.1, 0.15) is 0 Å². The van der Waals surface area contributed by atoms with E-state index in [9.17, 15) is 9.59 Å². The fourth-order valence-electron chi connectivity index (χ4n) is 3.13. The predicted molar refractivity (Wildman–Crippen MR) is 115 cm³/mol. The summed E-state index contributed by atoms with van der Waals surface area (Å²) in [5.41, 5.74) is 1.32. The molecule has 0 spiro atoms. The van der Waals surface area contributed by atoms with Gasteiger partial charge in [0, 0.05) is 12.2 Å². The Morgan fingerprint density at radius 2 is 1.79 bits per heavy atom. The number of benzene rings is 3. The highest BCUT2D eigenvalue weighted by Crippen LogP contribution is 2.21. The second kappa shape index (κ2) is 7.86. The molecule has 4 rings (SSSR count). The van der Waals surface area contributed by atoms with Crippen molar-refractivity contribution in [3.63, 3.8) is 0 Å². The maximum absolute atomic E-state index is 12.6. The Morgan fingerprint density at radius 3 is 2.61 bits per heavy atom. The molecule has 140 valence electrons. The maximum atomic E-state index is 12.6. The standard InChI is InChI=1S/C22H19N3O2S/c1-2-25-21(27)18-9-5-6-10-19(18)24-22(25)28-14-20(26)23-17-12-11-15-7-3-4-8-16(15)13-17/h3-13H,2,14H2,1H3,(H,23,26). The van der Waals surface area contributed by atoms with Crippen LogP contribution in [0.1, 0.15) is 6.92 Å². The van der Waals surface area contributed by atoms with Gasteiger partial charge in [0.2, 0.25) is 5.91 Å². The van der Waals surface area contributed by atoms with Gasteiger partial charge in [-0.3, -0.25) is 14.2 Å². The Bertz CT molecular complexity index is 1230. The predicted octanol–water partition coefficient (Wildman–Crippen LogP) is 4.30. The summed E-state index contributed by atoms with van der Waals surface area (Å²) >= 11 is 1.27. The number of hydrogen-bond acceptors (Lipinski definition) is 4. The molecule has 6 heteroatoms. The number of aromatic nitrogens is 2. The molecule has 4 aromatic rings. The van der Waals surface area contributed by atoms with Crippen LogP contribution in [0.25, 0.3) is 21.7 Å². The molecule has 28 heavy (non-hydrogen) atoms. The van der Waals surface area contributed by atoms with Crippen molar-refractivity contribution in [2.75, 3.05) is 11.1 Å². The van der Waals surface area contributed by atoms with Crippen molar-refractivity contribution in [3.05, 3.63) is 77.1 Å². The van der Waals surface area contributed by atoms with E-state index < -0.39 is 0 Å². The molecule has 1 heterocycles. The zero-order chi connectivity index (χ0) is 19.5. The van der Waals surface area contributed by atoms with Crippen molar-refractivity contribution in [1.82, 2.24) is 9.55 Å². The van der Waals surface area contributed by atoms with E-state index in [1.807, 2.05) is 67.6 Å². The van der Waals surface area contributed by atoms with Gasteiger partial charge in [-0.15, -0.1) is 0 Å². The van der Waals surface area contributed by atoms with Crippen LogP contribution in [0.5, 0.6) is 0 Å². The zero-order valence-corrected chi connectivity index (χ0v) is 16.2. The normalized spacial score (nSPS) is 11.0. The molecule has 0 aliphatic rings. The second-order valence-electron chi connectivity index (χ2n) is 6.36. The van der Waals surface area contributed by atoms with E-state index in [4.69, 9.17) is 0 Å². The first-order valence-electron chi connectivity index (χ1n) is 9.07. The van der Waals surface area contributed by atoms with Crippen molar-refractivity contribution in [2.24, 2.45) is 0 Å². The molecule has 1 aromatic heterocycles. The number of carbonyl (C=O) groups excluding carboxylic acids is 1. The minimum Gasteiger partial charge on any atom is -0.325 e. The average Bonchev–Trinajstić information content (AvgIpc) is 2.72. The molecule has 0 unspecified atom stereocenters. The number of nitrogens with zero attached hydrogens (tertiary/aromatic N) is 2. The van der Waals surface area contributed by atoms with Gasteiger partial charge in [0.15, 0.2) is 5.16 Å². The zero-order valence-electron chi connectivity index (χ0n) is 15.4. The molecule has 0 aliphatic heterocycles. The smallest absolute Gasteiger partial charge is 0.262 e. The van der Waals surface area contributed by atoms with E-state index >= 15 is 0 Å². The number of fused-ring (bicyclic) bond motifs is 2. The van der Waals surface area contributed by atoms with Crippen molar-refractivity contribution >= 4 is 45.0 Å². The molecule has 0 atom stereocenters. The number of para-hydroxylation sites is 1. The number of carbonyl (C=O) groups is 1. The van der Waals surface area contributed by atoms with Crippen LogP contribution in [-0.4, -0.2) is 21.2 Å². The molecule has 5 nitrogen and oxygen atoms in total. The van der Waals surface area contributed by atoms with Gasteiger partial charge in [-0.2, -0.15) is 0 Å². The van der Waals surface area contributed by atoms with Crippen LogP contribution in [0.4, 0.5) is 5.69 Å². The third-order valence-corrected chi connectivity index (χ3v) is 5.48. The summed E-state index contributed by atoms with van der Waals surface area (Å²) < 4.78 is 1.61. The van der Waals surface area contributed by atoms with Crippen molar-refractivity contribution in [3.8, 4) is 0 Å². The summed E-state index contributed by atoms with van der Waals surface area (Å²) in [5, 5.41) is 6.27. The summed E-state index contributed by atoms with van der Waals surface area (Å²) in [6, 6.07) is 21.1. The highest BCUT2D eigenvalue weighted by molar-refractivity contribution is 7.99. The Balaban J connectivity index is 1.52. The Kier molecular flexibility index (Phi) is 5.12. The number of anilines is 1. The molecule has 1 N–H and O–H groups in total. The minimum absolute atomic E-state index is 0.0782. The van der Waals surface area contributed by atoms with Crippen molar-refractivity contribution < 1.29 is 4.79 Å². The number of amides is 1. The fraction of sp³-hybridized carbons (Fsp3) is 0.136. The molecule has 0 radical (unpaired) electrons. The van der Waals surface area contributed by atoms with Crippen LogP contribution in [-0.2, 0) is 11.3 Å². The monoisotopic (exact) mass is 389 g/mol. The highest BCUT2D eigenvalue weighted by Gasteiger charge is 2.12. The van der Waals surface area contributed by atoms with Gasteiger partial charge in [-0.1, -0.05) is 54.2 Å². The van der Waals surface area contributed by atoms with Crippen LogP contribution in [0.15, 0.2) is 76.7 Å². The summed E-state index contributed by atoms with van der Waals surface area (Å²) in [6.07, 6.45) is 0. The van der Waals surface area contributed by atoms with Crippen LogP contribution >= 0.6 is 11.8 Å². The van der Waals surface area contributed by atoms with Gasteiger partial charge in [-0.05, 0) is 42.0 Å². The third kappa shape index (κ3) is 3.64. The molecule has 1 amide bonds. The lowest BCUT2D eigenvalue weighted by molar-refractivity contribution is -0.113. The number of hydrogen-bond donors (Lipinski definition) is 1. The summed E-state index contributed by atoms with van der Waals surface area (Å²) in [6.45, 7) is 2.41. The first kappa shape index (κ1) is 18.3. The molecule has 0 fully saturated rings. The highest BCUT2D eigenvalue weighted by atomic mass is 32.2. The Hall–Kier alpha value is -3.12. The lowest BCUT2D eigenvalue weighted by Crippen LogP contribution is -2.23. The molecular formula is C22H19N3O2S. The molecule has 0 saturated carbocycles. The van der Waals surface area contributed by atoms with E-state index in [1.165, 1.54) is 11.8 Å². The van der Waals surface area contributed by atoms with Gasteiger partial charge >= 0.3 is 0 Å². The lowest BCUT2D eigenvalue weighted by Gasteiger charge is -2.11. The van der Waals surface area contributed by atoms with Gasteiger partial charge in [-0.25, -0.2) is 4.98 Å². The summed E-state index contributed by atoms with van der Waals surface area (Å²) in [7, 11) is 0. The SMILES string of the molecule is CCn1c(SCC(=O)Nc2ccc3ccccc3c2)nc2ccccc2c1=O. The first-order chi connectivity index (χ1) is 13.7. The topological polar surface area (TPSA) is 64.0 Å². The molecule has 0 aliphatic carbocycles. The second-order valence-corrected chi connectivity index (χ2v) is 7.30. The van der Waals surface area contributed by atoms with E-state index in [0.717, 1.165) is 16.5 Å². The first-order valence-corrected chi connectivity index (χ1v) is 10.1. The number of nitrogens with one attached hydrogen (secondary N) is 1. The van der Waals surface area contributed by atoms with Crippen LogP contribution in [0.3, 0.4) is 0 Å². The summed E-state index contributed by atoms with van der Waals surface area (Å²) in [4.78, 5) is 29.6. The quantitative estimate of drug-likeness (QED) is 0.408. The maximum Gasteiger partial charge on any atom is 0.262 e. The van der Waals surface area contributed by atoms with E-state index in [2.05, 4.69) is 10.3 Å². The molecular weight excluding hydrogens is 370 g/mol. The van der Waals surface area contributed by atoms with Gasteiger partial charge in [0.25, 0.3) is 5.56 Å². The van der Waals surface area contributed by atoms with E-state index in [-0.39, 0.29) is 17.2 Å². The summed E-state index contributed by atoms with van der Waals surface area (Å²) in [5.74, 6) is 0.0442. The lowest BCUT2D eigenvalue weighted by atomic mass is 10.1. The Labute approximate surface area is 166 Å². The van der Waals surface area contributed by atoms with Crippen molar-refractivity contribution in [1.29, 1.82) is 0 Å².